The summed E-state index contributed by atoms with van der Waals surface area (Å²) in [5.41, 5.74) is 7.78. The maximum Gasteiger partial charge on any atom is 0.182 e. The molecule has 0 saturated heterocycles. The van der Waals surface area contributed by atoms with Crippen molar-refractivity contribution in [3.05, 3.63) is 31.8 Å². The minimum absolute atomic E-state index is 0.433. The first-order chi connectivity index (χ1) is 7.09. The van der Waals surface area contributed by atoms with Gasteiger partial charge in [0, 0.05) is 10.0 Å². The van der Waals surface area contributed by atoms with Crippen LogP contribution in [0.1, 0.15) is 5.56 Å². The van der Waals surface area contributed by atoms with E-state index >= 15 is 0 Å². The van der Waals surface area contributed by atoms with Crippen molar-refractivity contribution in [2.24, 2.45) is 0 Å². The van der Waals surface area contributed by atoms with Crippen molar-refractivity contribution in [2.45, 2.75) is 6.92 Å². The Balaban J connectivity index is 2.55. The lowest BCUT2D eigenvalue weighted by molar-refractivity contribution is 0.435. The molecule has 0 aliphatic carbocycles. The van der Waals surface area contributed by atoms with Gasteiger partial charge in [0.15, 0.2) is 11.6 Å². The number of nitrogens with two attached hydrogens (primary N) is 1. The fraction of sp³-hybridized carbons (Fsp3) is 0.100. The van der Waals surface area contributed by atoms with Gasteiger partial charge in [0.25, 0.3) is 0 Å². The highest BCUT2D eigenvalue weighted by Gasteiger charge is 2.13. The van der Waals surface area contributed by atoms with E-state index in [0.29, 0.717) is 11.6 Å². The van der Waals surface area contributed by atoms with Crippen LogP contribution in [0.2, 0.25) is 0 Å². The average molecular weight is 379 g/mol. The van der Waals surface area contributed by atoms with Gasteiger partial charge in [-0.2, -0.15) is 0 Å². The Kier molecular flexibility index (Phi) is 3.01. The molecule has 0 atom stereocenters. The third-order valence-corrected chi connectivity index (χ3v) is 3.99. The minimum atomic E-state index is 0.433. The molecule has 0 unspecified atom stereocenters. The van der Waals surface area contributed by atoms with Gasteiger partial charge in [0.05, 0.1) is 0 Å². The van der Waals surface area contributed by atoms with Crippen LogP contribution in [0.3, 0.4) is 0 Å². The lowest BCUT2D eigenvalue weighted by atomic mass is 10.1. The van der Waals surface area contributed by atoms with Gasteiger partial charge in [-0.3, -0.25) is 0 Å². The van der Waals surface area contributed by atoms with Crippen LogP contribution in [0.5, 0.6) is 0 Å². The van der Waals surface area contributed by atoms with E-state index in [9.17, 15) is 0 Å². The van der Waals surface area contributed by atoms with Crippen LogP contribution in [0, 0.1) is 10.5 Å². The molecule has 2 aromatic rings. The second kappa shape index (κ2) is 4.13. The summed E-state index contributed by atoms with van der Waals surface area (Å²) >= 11 is 5.61. The molecule has 1 aromatic carbocycles. The first kappa shape index (κ1) is 10.9. The number of halogens is 2. The van der Waals surface area contributed by atoms with Gasteiger partial charge in [0.2, 0.25) is 0 Å². The van der Waals surface area contributed by atoms with Crippen LogP contribution in [-0.2, 0) is 0 Å². The molecule has 1 aromatic heterocycles. The number of rotatable bonds is 1. The predicted molar refractivity (Wildman–Crippen MR) is 71.5 cm³/mol. The third kappa shape index (κ3) is 2.03. The molecule has 0 amide bonds. The van der Waals surface area contributed by atoms with Gasteiger partial charge >= 0.3 is 0 Å². The summed E-state index contributed by atoms with van der Waals surface area (Å²) in [5, 5.41) is 3.72. The first-order valence-electron chi connectivity index (χ1n) is 4.26. The number of benzene rings is 1. The van der Waals surface area contributed by atoms with Gasteiger partial charge < -0.3 is 10.3 Å². The Hall–Kier alpha value is -0.560. The van der Waals surface area contributed by atoms with Gasteiger partial charge in [-0.25, -0.2) is 0 Å². The number of nitrogen functional groups attached to an aromatic ring is 1. The molecule has 0 aliphatic heterocycles. The van der Waals surface area contributed by atoms with E-state index in [1.54, 1.807) is 0 Å². The molecule has 15 heavy (non-hydrogen) atoms. The van der Waals surface area contributed by atoms with Crippen molar-refractivity contribution in [3.8, 4) is 11.3 Å². The summed E-state index contributed by atoms with van der Waals surface area (Å²) in [6.45, 7) is 2.04. The fourth-order valence-electron chi connectivity index (χ4n) is 1.20. The molecule has 2 N–H and O–H groups in total. The Morgan fingerprint density at radius 3 is 2.73 bits per heavy atom. The Morgan fingerprint density at radius 2 is 2.20 bits per heavy atom. The lowest BCUT2D eigenvalue weighted by Gasteiger charge is -2.00. The zero-order chi connectivity index (χ0) is 11.0. The van der Waals surface area contributed by atoms with Crippen molar-refractivity contribution in [1.29, 1.82) is 0 Å². The highest BCUT2D eigenvalue weighted by molar-refractivity contribution is 14.1. The second-order valence-electron chi connectivity index (χ2n) is 3.17. The molecule has 3 nitrogen and oxygen atoms in total. The van der Waals surface area contributed by atoms with Crippen LogP contribution >= 0.6 is 38.5 Å². The lowest BCUT2D eigenvalue weighted by Crippen LogP contribution is -1.86. The van der Waals surface area contributed by atoms with E-state index in [1.807, 2.05) is 25.1 Å². The molecule has 2 rings (SSSR count). The highest BCUT2D eigenvalue weighted by Crippen LogP contribution is 2.31. The van der Waals surface area contributed by atoms with Crippen LogP contribution in [0.15, 0.2) is 27.2 Å². The van der Waals surface area contributed by atoms with Crippen molar-refractivity contribution < 1.29 is 4.52 Å². The quantitative estimate of drug-likeness (QED) is 0.771. The smallest absolute Gasteiger partial charge is 0.182 e. The molecule has 0 saturated carbocycles. The number of hydrogen-bond donors (Lipinski definition) is 1. The molecular formula is C10H8BrIN2O. The third-order valence-electron chi connectivity index (χ3n) is 2.09. The number of hydrogen-bond acceptors (Lipinski definition) is 3. The van der Waals surface area contributed by atoms with E-state index in [-0.39, 0.29) is 0 Å². The monoisotopic (exact) mass is 378 g/mol. The second-order valence-corrected chi connectivity index (χ2v) is 5.11. The summed E-state index contributed by atoms with van der Waals surface area (Å²) in [5.74, 6) is 1.15. The standard InChI is InChI=1S/C10H8BrIN2O/c1-5-2-3-6(4-7(5)11)9-8(12)10(13)14-15-9/h2-4H,1H3,(H2,13,14). The first-order valence-corrected chi connectivity index (χ1v) is 6.14. The highest BCUT2D eigenvalue weighted by atomic mass is 127. The van der Waals surface area contributed by atoms with E-state index in [1.165, 1.54) is 5.56 Å². The number of nitrogens with zero attached hydrogens (tertiary/aromatic N) is 1. The van der Waals surface area contributed by atoms with Crippen LogP contribution in [0.4, 0.5) is 5.82 Å². The molecule has 0 bridgehead atoms. The van der Waals surface area contributed by atoms with Crippen molar-refractivity contribution in [1.82, 2.24) is 5.16 Å². The topological polar surface area (TPSA) is 52.0 Å². The zero-order valence-corrected chi connectivity index (χ0v) is 11.7. The van der Waals surface area contributed by atoms with Crippen LogP contribution in [0.25, 0.3) is 11.3 Å². The maximum atomic E-state index is 5.62. The Labute approximate surface area is 109 Å². The fourth-order valence-corrected chi connectivity index (χ4v) is 2.09. The molecule has 0 spiro atoms. The SMILES string of the molecule is Cc1ccc(-c2onc(N)c2I)cc1Br. The van der Waals surface area contributed by atoms with Crippen molar-refractivity contribution in [3.63, 3.8) is 0 Å². The number of aromatic nitrogens is 1. The zero-order valence-electron chi connectivity index (χ0n) is 7.92. The normalized spacial score (nSPS) is 10.6. The van der Waals surface area contributed by atoms with E-state index < -0.39 is 0 Å². The summed E-state index contributed by atoms with van der Waals surface area (Å²) in [6, 6.07) is 6.01. The van der Waals surface area contributed by atoms with Crippen molar-refractivity contribution in [2.75, 3.05) is 5.73 Å². The minimum Gasteiger partial charge on any atom is -0.380 e. The summed E-state index contributed by atoms with van der Waals surface area (Å²) in [7, 11) is 0. The molecule has 0 radical (unpaired) electrons. The van der Waals surface area contributed by atoms with E-state index in [4.69, 9.17) is 10.3 Å². The Morgan fingerprint density at radius 1 is 1.47 bits per heavy atom. The van der Waals surface area contributed by atoms with Gasteiger partial charge in [-0.15, -0.1) is 0 Å². The summed E-state index contributed by atoms with van der Waals surface area (Å²) in [6.07, 6.45) is 0. The predicted octanol–water partition coefficient (Wildman–Crippen LogP) is 3.60. The summed E-state index contributed by atoms with van der Waals surface area (Å²) < 4.78 is 7.07. The largest absolute Gasteiger partial charge is 0.380 e. The molecule has 78 valence electrons. The van der Waals surface area contributed by atoms with Crippen LogP contribution in [-0.4, -0.2) is 5.16 Å². The molecular weight excluding hydrogens is 371 g/mol. The van der Waals surface area contributed by atoms with E-state index in [0.717, 1.165) is 13.6 Å². The van der Waals surface area contributed by atoms with Gasteiger partial charge in [-0.1, -0.05) is 33.2 Å². The van der Waals surface area contributed by atoms with Gasteiger partial charge in [-0.05, 0) is 41.1 Å². The molecule has 5 heteroatoms. The maximum absolute atomic E-state index is 5.62. The Bertz CT molecular complexity index is 510. The van der Waals surface area contributed by atoms with E-state index in [2.05, 4.69) is 43.7 Å². The summed E-state index contributed by atoms with van der Waals surface area (Å²) in [4.78, 5) is 0. The molecule has 0 aliphatic rings. The number of anilines is 1. The molecule has 1 heterocycles. The molecule has 0 fully saturated rings. The van der Waals surface area contributed by atoms with Crippen LogP contribution < -0.4 is 5.73 Å². The average Bonchev–Trinajstić information content (AvgIpc) is 2.53. The van der Waals surface area contributed by atoms with Crippen molar-refractivity contribution >= 4 is 44.3 Å². The van der Waals surface area contributed by atoms with Gasteiger partial charge in [0.1, 0.15) is 3.57 Å². The number of aryl methyl sites for hydroxylation is 1.